The van der Waals surface area contributed by atoms with Gasteiger partial charge in [-0.2, -0.15) is 5.10 Å². The molecule has 0 unspecified atom stereocenters. The predicted octanol–water partition coefficient (Wildman–Crippen LogP) is 5.66. The van der Waals surface area contributed by atoms with Crippen LogP contribution in [0.25, 0.3) is 22.2 Å². The lowest BCUT2D eigenvalue weighted by atomic mass is 10.0. The number of H-pyrrole nitrogens is 1. The summed E-state index contributed by atoms with van der Waals surface area (Å²) in [7, 11) is -3.88. The van der Waals surface area contributed by atoms with E-state index in [1.807, 2.05) is 31.6 Å². The molecule has 0 spiro atoms. The second kappa shape index (κ2) is 12.0. The maximum Gasteiger partial charge on any atom is 0.410 e. The minimum Gasteiger partial charge on any atom is -0.444 e. The molecule has 0 aliphatic carbocycles. The highest BCUT2D eigenvalue weighted by atomic mass is 32.2. The van der Waals surface area contributed by atoms with Crippen LogP contribution in [0.3, 0.4) is 0 Å². The molecule has 1 aliphatic rings. The van der Waals surface area contributed by atoms with Gasteiger partial charge in [-0.1, -0.05) is 6.92 Å². The molecular weight excluding hydrogens is 594 g/mol. The van der Waals surface area contributed by atoms with Crippen molar-refractivity contribution in [2.45, 2.75) is 58.6 Å². The van der Waals surface area contributed by atoms with Crippen LogP contribution in [0.5, 0.6) is 0 Å². The molecule has 0 atom stereocenters. The fraction of sp³-hybridized carbons (Fsp3) is 0.400. The van der Waals surface area contributed by atoms with Crippen LogP contribution in [-0.2, 0) is 14.8 Å². The van der Waals surface area contributed by atoms with Gasteiger partial charge in [0.15, 0.2) is 5.82 Å². The highest BCUT2D eigenvalue weighted by Crippen LogP contribution is 2.31. The van der Waals surface area contributed by atoms with E-state index < -0.39 is 44.3 Å². The molecule has 1 amide bonds. The molecule has 2 N–H and O–H groups in total. The maximum absolute atomic E-state index is 15.4. The molecule has 14 heteroatoms. The third-order valence-electron chi connectivity index (χ3n) is 7.26. The number of sulfonamides is 1. The van der Waals surface area contributed by atoms with Crippen molar-refractivity contribution in [1.29, 1.82) is 0 Å². The number of fused-ring (bicyclic) bond motifs is 1. The van der Waals surface area contributed by atoms with E-state index in [1.54, 1.807) is 30.3 Å². The Kier molecular flexibility index (Phi) is 8.47. The average molecular weight is 629 g/mol. The number of rotatable bonds is 8. The van der Waals surface area contributed by atoms with Crippen LogP contribution in [0, 0.1) is 11.6 Å². The number of carbonyl (C=O) groups excluding carboxylic acids is 2. The summed E-state index contributed by atoms with van der Waals surface area (Å²) in [4.78, 5) is 34.8. The minimum atomic E-state index is -3.88. The van der Waals surface area contributed by atoms with Gasteiger partial charge in [-0.05, 0) is 58.2 Å². The zero-order valence-corrected chi connectivity index (χ0v) is 25.7. The van der Waals surface area contributed by atoms with Crippen molar-refractivity contribution in [2.24, 2.45) is 0 Å². The number of hydrogen-bond donors (Lipinski definition) is 2. The highest BCUT2D eigenvalue weighted by molar-refractivity contribution is 7.92. The molecule has 4 aromatic rings. The van der Waals surface area contributed by atoms with Crippen LogP contribution >= 0.6 is 0 Å². The molecule has 1 fully saturated rings. The molecule has 5 rings (SSSR count). The van der Waals surface area contributed by atoms with Crippen molar-refractivity contribution >= 4 is 38.6 Å². The van der Waals surface area contributed by atoms with Crippen molar-refractivity contribution < 1.29 is 31.5 Å². The van der Waals surface area contributed by atoms with Crippen LogP contribution in [0.1, 0.15) is 68.9 Å². The van der Waals surface area contributed by atoms with Crippen LogP contribution < -0.4 is 4.72 Å². The molecule has 0 bridgehead atoms. The Balaban J connectivity index is 1.37. The zero-order chi connectivity index (χ0) is 31.8. The van der Waals surface area contributed by atoms with E-state index in [9.17, 15) is 22.4 Å². The first-order valence-electron chi connectivity index (χ1n) is 14.3. The second-order valence-electron chi connectivity index (χ2n) is 11.8. The normalized spacial score (nSPS) is 14.6. The van der Waals surface area contributed by atoms with Gasteiger partial charge in [0.05, 0.1) is 29.2 Å². The fourth-order valence-electron chi connectivity index (χ4n) is 5.14. The lowest BCUT2D eigenvalue weighted by Gasteiger charge is -2.33. The molecule has 4 heterocycles. The summed E-state index contributed by atoms with van der Waals surface area (Å²) in [6, 6.07) is 3.55. The molecule has 234 valence electrons. The largest absolute Gasteiger partial charge is 0.444 e. The SMILES string of the molecule is CCCS(=O)(=O)Nc1ccc(F)c(C(=O)c2c[nH]c3ncc(-c4cnn(C5CCN(C(=O)OC(C)(C)C)CC5)c4)cc23)c1F. The van der Waals surface area contributed by atoms with E-state index in [2.05, 4.69) is 19.8 Å². The van der Waals surface area contributed by atoms with Gasteiger partial charge in [-0.15, -0.1) is 0 Å². The Morgan fingerprint density at radius 1 is 1.14 bits per heavy atom. The van der Waals surface area contributed by atoms with Crippen molar-refractivity contribution in [3.05, 3.63) is 65.7 Å². The first-order chi connectivity index (χ1) is 20.8. The number of likely N-dealkylation sites (tertiary alicyclic amines) is 1. The van der Waals surface area contributed by atoms with E-state index in [0.29, 0.717) is 48.9 Å². The summed E-state index contributed by atoms with van der Waals surface area (Å²) < 4.78 is 63.9. The summed E-state index contributed by atoms with van der Waals surface area (Å²) in [5.74, 6) is -3.64. The molecule has 0 radical (unpaired) electrons. The number of nitrogens with zero attached hydrogens (tertiary/aromatic N) is 4. The number of anilines is 1. The van der Waals surface area contributed by atoms with Gasteiger partial charge in [0.2, 0.25) is 15.8 Å². The summed E-state index contributed by atoms with van der Waals surface area (Å²) in [6.07, 6.45) is 7.79. The van der Waals surface area contributed by atoms with Crippen LogP contribution in [0.4, 0.5) is 19.3 Å². The first-order valence-corrected chi connectivity index (χ1v) is 15.9. The molecule has 1 saturated heterocycles. The van der Waals surface area contributed by atoms with Gasteiger partial charge in [0.1, 0.15) is 17.1 Å². The van der Waals surface area contributed by atoms with Gasteiger partial charge < -0.3 is 14.6 Å². The number of amides is 1. The van der Waals surface area contributed by atoms with Gasteiger partial charge >= 0.3 is 6.09 Å². The number of hydrogen-bond acceptors (Lipinski definition) is 7. The summed E-state index contributed by atoms with van der Waals surface area (Å²) >= 11 is 0. The van der Waals surface area contributed by atoms with Gasteiger partial charge in [-0.3, -0.25) is 14.2 Å². The Labute approximate surface area is 253 Å². The van der Waals surface area contributed by atoms with Crippen molar-refractivity contribution in [1.82, 2.24) is 24.6 Å². The van der Waals surface area contributed by atoms with E-state index >= 15 is 4.39 Å². The smallest absolute Gasteiger partial charge is 0.410 e. The predicted molar refractivity (Wildman–Crippen MR) is 161 cm³/mol. The number of halogens is 2. The molecule has 1 aromatic carbocycles. The van der Waals surface area contributed by atoms with Crippen LogP contribution in [0.15, 0.2) is 43.0 Å². The fourth-order valence-corrected chi connectivity index (χ4v) is 6.27. The van der Waals surface area contributed by atoms with E-state index in [-0.39, 0.29) is 23.5 Å². The number of nitrogens with one attached hydrogen (secondary N) is 2. The average Bonchev–Trinajstić information content (AvgIpc) is 3.61. The molecule has 11 nitrogen and oxygen atoms in total. The lowest BCUT2D eigenvalue weighted by Crippen LogP contribution is -2.42. The molecule has 44 heavy (non-hydrogen) atoms. The zero-order valence-electron chi connectivity index (χ0n) is 24.9. The first kappa shape index (κ1) is 31.1. The van der Waals surface area contributed by atoms with Crippen molar-refractivity contribution in [2.75, 3.05) is 23.6 Å². The van der Waals surface area contributed by atoms with E-state index in [4.69, 9.17) is 4.74 Å². The number of piperidine rings is 1. The van der Waals surface area contributed by atoms with Crippen LogP contribution in [0.2, 0.25) is 0 Å². The number of ether oxygens (including phenoxy) is 1. The van der Waals surface area contributed by atoms with E-state index in [1.165, 1.54) is 6.20 Å². The summed E-state index contributed by atoms with van der Waals surface area (Å²) in [6.45, 7) is 8.21. The Morgan fingerprint density at radius 3 is 2.55 bits per heavy atom. The van der Waals surface area contributed by atoms with Gasteiger partial charge in [-0.25, -0.2) is 27.0 Å². The number of benzene rings is 1. The Morgan fingerprint density at radius 2 is 1.86 bits per heavy atom. The topological polar surface area (TPSA) is 139 Å². The highest BCUT2D eigenvalue weighted by Gasteiger charge is 2.29. The van der Waals surface area contributed by atoms with Gasteiger partial charge in [0, 0.05) is 53.8 Å². The number of aromatic amines is 1. The van der Waals surface area contributed by atoms with Gasteiger partial charge in [0.25, 0.3) is 0 Å². The van der Waals surface area contributed by atoms with Crippen molar-refractivity contribution in [3.8, 4) is 11.1 Å². The number of aromatic nitrogens is 4. The second-order valence-corrected chi connectivity index (χ2v) is 13.6. The molecule has 0 saturated carbocycles. The number of carbonyl (C=O) groups is 2. The third-order valence-corrected chi connectivity index (χ3v) is 8.73. The monoisotopic (exact) mass is 628 g/mol. The Hall–Kier alpha value is -4.33. The third kappa shape index (κ3) is 6.59. The Bertz CT molecular complexity index is 1820. The van der Waals surface area contributed by atoms with Crippen molar-refractivity contribution in [3.63, 3.8) is 0 Å². The standard InChI is InChI=1S/C30H34F2N6O5S/c1-5-12-44(41,42)36-24-7-6-23(31)25(26(24)32)27(39)22-16-34-28-21(22)13-18(14-33-28)19-15-35-38(17-19)20-8-10-37(11-9-20)29(40)43-30(2,3)4/h6-7,13-17,20,36H,5,8-12H2,1-4H3,(H,33,34). The molecule has 3 aromatic heterocycles. The summed E-state index contributed by atoms with van der Waals surface area (Å²) in [5, 5.41) is 4.85. The minimum absolute atomic E-state index is 0.0254. The quantitative estimate of drug-likeness (QED) is 0.240. The number of pyridine rings is 1. The maximum atomic E-state index is 15.4. The molecule has 1 aliphatic heterocycles. The summed E-state index contributed by atoms with van der Waals surface area (Å²) in [5.41, 5.74) is -0.291. The lowest BCUT2D eigenvalue weighted by molar-refractivity contribution is 0.0184. The number of ketones is 1. The molecular formula is C30H34F2N6O5S. The van der Waals surface area contributed by atoms with Crippen LogP contribution in [-0.4, -0.2) is 69.4 Å². The van der Waals surface area contributed by atoms with E-state index in [0.717, 1.165) is 17.7 Å².